The summed E-state index contributed by atoms with van der Waals surface area (Å²) in [5.41, 5.74) is 0.128. The third-order valence-electron chi connectivity index (χ3n) is 5.58. The Labute approximate surface area is 185 Å². The number of aromatic nitrogens is 1. The van der Waals surface area contributed by atoms with Gasteiger partial charge in [-0.3, -0.25) is 4.79 Å². The minimum atomic E-state index is -0.828. The van der Waals surface area contributed by atoms with Crippen molar-refractivity contribution in [3.8, 4) is 11.5 Å². The van der Waals surface area contributed by atoms with Gasteiger partial charge in [0.1, 0.15) is 36.1 Å². The highest BCUT2D eigenvalue weighted by atomic mass is 19.1. The van der Waals surface area contributed by atoms with Gasteiger partial charge in [0, 0.05) is 13.1 Å². The molecule has 1 fully saturated rings. The maximum absolute atomic E-state index is 13.0. The van der Waals surface area contributed by atoms with Crippen molar-refractivity contribution >= 4 is 5.91 Å². The zero-order valence-electron chi connectivity index (χ0n) is 17.7. The van der Waals surface area contributed by atoms with Crippen LogP contribution in [0.5, 0.6) is 11.5 Å². The zero-order chi connectivity index (χ0) is 22.5. The van der Waals surface area contributed by atoms with Crippen LogP contribution in [0.3, 0.4) is 0 Å². The number of para-hydroxylation sites is 1. The molecule has 1 N–H and O–H groups in total. The second-order valence-electron chi connectivity index (χ2n) is 7.80. The van der Waals surface area contributed by atoms with E-state index in [-0.39, 0.29) is 24.0 Å². The molecule has 1 aliphatic carbocycles. The lowest BCUT2D eigenvalue weighted by molar-refractivity contribution is -0.0414. The topological polar surface area (TPSA) is 85.0 Å². The molecule has 1 saturated carbocycles. The summed E-state index contributed by atoms with van der Waals surface area (Å²) in [6.45, 7) is 0.0503. The molecular formula is C24H25FN2O5. The van der Waals surface area contributed by atoms with Crippen molar-refractivity contribution in [3.05, 3.63) is 77.9 Å². The van der Waals surface area contributed by atoms with Crippen LogP contribution in [-0.2, 0) is 6.61 Å². The number of halogens is 1. The summed E-state index contributed by atoms with van der Waals surface area (Å²) in [6.07, 6.45) is 0.973. The Morgan fingerprint density at radius 3 is 2.66 bits per heavy atom. The minimum Gasteiger partial charge on any atom is -0.488 e. The highest BCUT2D eigenvalue weighted by Crippen LogP contribution is 2.28. The van der Waals surface area contributed by atoms with Gasteiger partial charge in [-0.15, -0.1) is 0 Å². The van der Waals surface area contributed by atoms with Crippen LogP contribution in [0, 0.1) is 5.82 Å². The van der Waals surface area contributed by atoms with Crippen LogP contribution in [0.25, 0.3) is 0 Å². The van der Waals surface area contributed by atoms with Gasteiger partial charge in [0.05, 0.1) is 6.04 Å². The summed E-state index contributed by atoms with van der Waals surface area (Å²) < 4.78 is 29.7. The van der Waals surface area contributed by atoms with Crippen LogP contribution >= 0.6 is 0 Å². The van der Waals surface area contributed by atoms with Crippen molar-refractivity contribution < 1.29 is 28.3 Å². The number of nitrogens with zero attached hydrogens (tertiary/aromatic N) is 2. The molecule has 1 aliphatic rings. The van der Waals surface area contributed by atoms with Crippen LogP contribution in [0.15, 0.2) is 65.2 Å². The van der Waals surface area contributed by atoms with E-state index >= 15 is 0 Å². The lowest BCUT2D eigenvalue weighted by Gasteiger charge is -2.39. The Morgan fingerprint density at radius 1 is 1.16 bits per heavy atom. The Kier molecular flexibility index (Phi) is 6.70. The van der Waals surface area contributed by atoms with Crippen LogP contribution in [0.4, 0.5) is 4.39 Å². The zero-order valence-corrected chi connectivity index (χ0v) is 17.7. The molecule has 0 spiro atoms. The fourth-order valence-corrected chi connectivity index (χ4v) is 3.84. The average molecular weight is 440 g/mol. The molecule has 0 unspecified atom stereocenters. The Balaban J connectivity index is 1.36. The molecule has 0 bridgehead atoms. The molecular weight excluding hydrogens is 415 g/mol. The number of likely N-dealkylation sites (N-methyl/N-ethyl adjacent to an activating group) is 1. The number of aliphatic hydroxyl groups excluding tert-OH is 1. The van der Waals surface area contributed by atoms with Crippen molar-refractivity contribution in [1.29, 1.82) is 0 Å². The van der Waals surface area contributed by atoms with Gasteiger partial charge in [0.15, 0.2) is 11.5 Å². The van der Waals surface area contributed by atoms with Gasteiger partial charge in [-0.25, -0.2) is 4.39 Å². The standard InChI is InChI=1S/C24H25FN2O5/c1-27(21-8-5-9-22(23(21)28)31-18-6-3-2-4-7-18)24(29)20-14-19(32-26-20)15-30-17-12-10-16(25)11-13-17/h2-4,6-7,10-14,21-23,28H,5,8-9,15H2,1H3/t21-,22-,23-/m1/s1. The first-order valence-electron chi connectivity index (χ1n) is 10.5. The third-order valence-corrected chi connectivity index (χ3v) is 5.58. The number of ether oxygens (including phenoxy) is 2. The van der Waals surface area contributed by atoms with E-state index in [0.29, 0.717) is 30.1 Å². The van der Waals surface area contributed by atoms with Gasteiger partial charge in [0.2, 0.25) is 0 Å². The second kappa shape index (κ2) is 9.82. The van der Waals surface area contributed by atoms with Gasteiger partial charge in [-0.2, -0.15) is 0 Å². The lowest BCUT2D eigenvalue weighted by atomic mass is 9.88. The van der Waals surface area contributed by atoms with Crippen molar-refractivity contribution in [3.63, 3.8) is 0 Å². The molecule has 7 nitrogen and oxygen atoms in total. The summed E-state index contributed by atoms with van der Waals surface area (Å²) in [4.78, 5) is 14.4. The summed E-state index contributed by atoms with van der Waals surface area (Å²) in [6, 6.07) is 16.0. The number of carbonyl (C=O) groups excluding carboxylic acids is 1. The highest BCUT2D eigenvalue weighted by molar-refractivity contribution is 5.92. The number of benzene rings is 2. The van der Waals surface area contributed by atoms with E-state index in [1.807, 2.05) is 30.3 Å². The summed E-state index contributed by atoms with van der Waals surface area (Å²) in [5, 5.41) is 14.7. The van der Waals surface area contributed by atoms with E-state index in [2.05, 4.69) is 5.16 Å². The van der Waals surface area contributed by atoms with Gasteiger partial charge in [-0.1, -0.05) is 23.4 Å². The molecule has 8 heteroatoms. The molecule has 1 heterocycles. The number of carbonyl (C=O) groups is 1. The van der Waals surface area contributed by atoms with Gasteiger partial charge < -0.3 is 24.0 Å². The smallest absolute Gasteiger partial charge is 0.276 e. The maximum Gasteiger partial charge on any atom is 0.276 e. The molecule has 3 atom stereocenters. The van der Waals surface area contributed by atoms with E-state index in [4.69, 9.17) is 14.0 Å². The average Bonchev–Trinajstić information content (AvgIpc) is 3.29. The largest absolute Gasteiger partial charge is 0.488 e. The van der Waals surface area contributed by atoms with Gasteiger partial charge in [0.25, 0.3) is 5.91 Å². The molecule has 3 aromatic rings. The number of rotatable bonds is 7. The third kappa shape index (κ3) is 5.08. The van der Waals surface area contributed by atoms with E-state index in [0.717, 1.165) is 6.42 Å². The maximum atomic E-state index is 13.0. The Bertz CT molecular complexity index is 1020. The fraction of sp³-hybridized carbons (Fsp3) is 0.333. The first-order chi connectivity index (χ1) is 15.5. The normalized spacial score (nSPS) is 20.5. The minimum absolute atomic E-state index is 0.0503. The van der Waals surface area contributed by atoms with Crippen molar-refractivity contribution in [2.75, 3.05) is 7.05 Å². The van der Waals surface area contributed by atoms with E-state index in [1.54, 1.807) is 7.05 Å². The molecule has 0 aliphatic heterocycles. The molecule has 4 rings (SSSR count). The molecule has 2 aromatic carbocycles. The predicted octanol–water partition coefficient (Wildman–Crippen LogP) is 3.83. The number of aliphatic hydroxyl groups is 1. The molecule has 0 saturated heterocycles. The van der Waals surface area contributed by atoms with Crippen molar-refractivity contribution in [2.24, 2.45) is 0 Å². The highest BCUT2D eigenvalue weighted by Gasteiger charge is 2.38. The monoisotopic (exact) mass is 440 g/mol. The van der Waals surface area contributed by atoms with Gasteiger partial charge >= 0.3 is 0 Å². The Hall–Kier alpha value is -3.39. The van der Waals surface area contributed by atoms with Gasteiger partial charge in [-0.05, 0) is 55.7 Å². The lowest BCUT2D eigenvalue weighted by Crippen LogP contribution is -2.53. The Morgan fingerprint density at radius 2 is 1.91 bits per heavy atom. The van der Waals surface area contributed by atoms with E-state index < -0.39 is 18.2 Å². The van der Waals surface area contributed by atoms with Crippen LogP contribution < -0.4 is 9.47 Å². The van der Waals surface area contributed by atoms with Crippen LogP contribution in [0.2, 0.25) is 0 Å². The summed E-state index contributed by atoms with van der Waals surface area (Å²) in [5.74, 6) is 0.817. The van der Waals surface area contributed by atoms with Crippen LogP contribution in [0.1, 0.15) is 35.5 Å². The molecule has 168 valence electrons. The SMILES string of the molecule is CN(C(=O)c1cc(COc2ccc(F)cc2)on1)[C@@H]1CCC[C@@H](Oc2ccccc2)[C@@H]1O. The van der Waals surface area contributed by atoms with Crippen LogP contribution in [-0.4, -0.2) is 46.4 Å². The molecule has 1 amide bonds. The number of amides is 1. The quantitative estimate of drug-likeness (QED) is 0.601. The molecule has 32 heavy (non-hydrogen) atoms. The van der Waals surface area contributed by atoms with Crippen molar-refractivity contribution in [1.82, 2.24) is 10.1 Å². The number of hydrogen-bond acceptors (Lipinski definition) is 6. The summed E-state index contributed by atoms with van der Waals surface area (Å²) >= 11 is 0. The fourth-order valence-electron chi connectivity index (χ4n) is 3.84. The number of hydrogen-bond donors (Lipinski definition) is 1. The first kappa shape index (κ1) is 21.8. The first-order valence-corrected chi connectivity index (χ1v) is 10.5. The summed E-state index contributed by atoms with van der Waals surface area (Å²) in [7, 11) is 1.64. The van der Waals surface area contributed by atoms with E-state index in [9.17, 15) is 14.3 Å². The second-order valence-corrected chi connectivity index (χ2v) is 7.80. The molecule has 1 aromatic heterocycles. The molecule has 0 radical (unpaired) electrons. The van der Waals surface area contributed by atoms with Crippen molar-refractivity contribution in [2.45, 2.75) is 44.1 Å². The van der Waals surface area contributed by atoms with E-state index in [1.165, 1.54) is 35.2 Å². The predicted molar refractivity (Wildman–Crippen MR) is 114 cm³/mol.